The molecule has 6 heteroatoms. The van der Waals surface area contributed by atoms with Gasteiger partial charge in [0.05, 0.1) is 11.6 Å². The highest BCUT2D eigenvalue weighted by Crippen LogP contribution is 2.41. The van der Waals surface area contributed by atoms with Crippen LogP contribution < -0.4 is 0 Å². The normalized spacial score (nSPS) is 16.5. The first-order valence-corrected chi connectivity index (χ1v) is 11.2. The second-order valence-electron chi connectivity index (χ2n) is 7.85. The lowest BCUT2D eigenvalue weighted by atomic mass is 9.92. The summed E-state index contributed by atoms with van der Waals surface area (Å²) in [5.74, 6) is -1.36. The van der Waals surface area contributed by atoms with Crippen LogP contribution in [0.25, 0.3) is 11.0 Å². The van der Waals surface area contributed by atoms with Crippen molar-refractivity contribution >= 4 is 38.6 Å². The third-order valence-corrected chi connectivity index (χ3v) is 6.23. The summed E-state index contributed by atoms with van der Waals surface area (Å²) in [7, 11) is 0. The second-order valence-corrected chi connectivity index (χ2v) is 8.76. The number of ketones is 1. The Hall–Kier alpha value is -2.86. The van der Waals surface area contributed by atoms with Crippen LogP contribution in [0.2, 0.25) is 0 Å². The predicted molar refractivity (Wildman–Crippen MR) is 123 cm³/mol. The van der Waals surface area contributed by atoms with Gasteiger partial charge in [0, 0.05) is 16.4 Å². The lowest BCUT2D eigenvalue weighted by Gasteiger charge is -2.27. The van der Waals surface area contributed by atoms with E-state index in [-0.39, 0.29) is 11.3 Å². The number of carbonyl (C=O) groups excluding carboxylic acids is 2. The van der Waals surface area contributed by atoms with Crippen molar-refractivity contribution in [2.24, 2.45) is 0 Å². The van der Waals surface area contributed by atoms with Crippen molar-refractivity contribution in [2.45, 2.75) is 39.2 Å². The highest BCUT2D eigenvalue weighted by molar-refractivity contribution is 9.10. The molecule has 2 heterocycles. The number of fused-ring (bicyclic) bond motifs is 1. The molecule has 1 unspecified atom stereocenters. The number of halogens is 1. The molecule has 0 radical (unpaired) electrons. The number of hydrogen-bond donors (Lipinski definition) is 1. The monoisotopic (exact) mass is 481 g/mol. The number of aryl methyl sites for hydroxylation is 1. The van der Waals surface area contributed by atoms with Gasteiger partial charge in [-0.15, -0.1) is 0 Å². The molecule has 160 valence electrons. The maximum Gasteiger partial charge on any atom is 0.290 e. The maximum absolute atomic E-state index is 13.5. The highest BCUT2D eigenvalue weighted by Gasteiger charge is 2.44. The smallest absolute Gasteiger partial charge is 0.290 e. The van der Waals surface area contributed by atoms with Gasteiger partial charge in [-0.2, -0.15) is 0 Å². The molecule has 2 aromatic carbocycles. The first-order chi connectivity index (χ1) is 14.9. The summed E-state index contributed by atoms with van der Waals surface area (Å²) in [4.78, 5) is 28.1. The molecule has 4 rings (SSSR count). The Morgan fingerprint density at radius 2 is 1.94 bits per heavy atom. The van der Waals surface area contributed by atoms with Crippen LogP contribution >= 0.6 is 15.9 Å². The van der Waals surface area contributed by atoms with E-state index in [4.69, 9.17) is 4.42 Å². The minimum absolute atomic E-state index is 0.0777. The maximum atomic E-state index is 13.5. The summed E-state index contributed by atoms with van der Waals surface area (Å²) >= 11 is 3.42. The number of Topliss-reactive ketones (excluding diaryl/α,β-unsaturated/α-hetero) is 1. The zero-order valence-corrected chi connectivity index (χ0v) is 19.1. The molecule has 31 heavy (non-hydrogen) atoms. The van der Waals surface area contributed by atoms with E-state index in [0.717, 1.165) is 40.2 Å². The van der Waals surface area contributed by atoms with Gasteiger partial charge < -0.3 is 14.4 Å². The van der Waals surface area contributed by atoms with E-state index in [1.807, 2.05) is 43.3 Å². The van der Waals surface area contributed by atoms with Crippen LogP contribution in [0.1, 0.15) is 53.9 Å². The van der Waals surface area contributed by atoms with Crippen molar-refractivity contribution in [3.05, 3.63) is 81.2 Å². The minimum atomic E-state index is -0.641. The number of benzene rings is 2. The van der Waals surface area contributed by atoms with Crippen molar-refractivity contribution in [1.29, 1.82) is 0 Å². The molecule has 0 spiro atoms. The number of amides is 1. The lowest BCUT2D eigenvalue weighted by Crippen LogP contribution is -2.32. The minimum Gasteiger partial charge on any atom is -0.503 e. The van der Waals surface area contributed by atoms with Gasteiger partial charge in [-0.05, 0) is 48.7 Å². The first-order valence-electron chi connectivity index (χ1n) is 10.5. The molecule has 0 bridgehead atoms. The zero-order chi connectivity index (χ0) is 22.1. The van der Waals surface area contributed by atoms with E-state index in [0.29, 0.717) is 12.1 Å². The Kier molecular flexibility index (Phi) is 6.01. The Labute approximate surface area is 189 Å². The largest absolute Gasteiger partial charge is 0.503 e. The fourth-order valence-electron chi connectivity index (χ4n) is 4.12. The molecule has 1 aromatic heterocycles. The first kappa shape index (κ1) is 21.4. The van der Waals surface area contributed by atoms with E-state index in [2.05, 4.69) is 22.9 Å². The Morgan fingerprint density at radius 1 is 1.16 bits per heavy atom. The van der Waals surface area contributed by atoms with Gasteiger partial charge in [-0.25, -0.2) is 0 Å². The molecular formula is C25H24BrNO4. The predicted octanol–water partition coefficient (Wildman–Crippen LogP) is 6.27. The Balaban J connectivity index is 1.79. The van der Waals surface area contributed by atoms with Gasteiger partial charge in [0.1, 0.15) is 5.58 Å². The van der Waals surface area contributed by atoms with Crippen LogP contribution in [-0.4, -0.2) is 28.2 Å². The second kappa shape index (κ2) is 8.71. The van der Waals surface area contributed by atoms with Crippen LogP contribution in [0.15, 0.2) is 68.8 Å². The summed E-state index contributed by atoms with van der Waals surface area (Å²) in [6, 6.07) is 14.1. The molecule has 1 aliphatic rings. The van der Waals surface area contributed by atoms with Gasteiger partial charge in [-0.1, -0.05) is 60.0 Å². The number of aliphatic hydroxyl groups is 1. The molecule has 0 fully saturated rings. The van der Waals surface area contributed by atoms with Crippen LogP contribution in [0, 0.1) is 6.92 Å². The van der Waals surface area contributed by atoms with Crippen molar-refractivity contribution in [3.8, 4) is 0 Å². The van der Waals surface area contributed by atoms with Crippen LogP contribution in [-0.2, 0) is 4.79 Å². The zero-order valence-electron chi connectivity index (χ0n) is 17.5. The number of aliphatic hydroxyl groups excluding tert-OH is 1. The lowest BCUT2D eigenvalue weighted by molar-refractivity contribution is -0.129. The molecule has 5 nitrogen and oxygen atoms in total. The number of hydrogen-bond acceptors (Lipinski definition) is 4. The molecule has 0 saturated carbocycles. The standard InChI is InChI=1S/C25H24BrNO4/c1-3-4-7-12-27-22(18-9-6-5-8-15(18)2)21(24(29)25(27)30)23(28)20-14-16-13-17(26)10-11-19(16)31-20/h5-6,8-11,13-14,22,29H,3-4,7,12H2,1-2H3. The third-order valence-electron chi connectivity index (χ3n) is 5.74. The molecule has 1 N–H and O–H groups in total. The van der Waals surface area contributed by atoms with E-state index in [9.17, 15) is 14.7 Å². The number of furan rings is 1. The molecule has 1 aliphatic heterocycles. The average molecular weight is 482 g/mol. The van der Waals surface area contributed by atoms with Crippen LogP contribution in [0.5, 0.6) is 0 Å². The fraction of sp³-hybridized carbons (Fsp3) is 0.280. The molecule has 1 amide bonds. The van der Waals surface area contributed by atoms with Crippen LogP contribution in [0.4, 0.5) is 0 Å². The van der Waals surface area contributed by atoms with Crippen molar-refractivity contribution in [2.75, 3.05) is 6.54 Å². The summed E-state index contributed by atoms with van der Waals surface area (Å²) in [6.07, 6.45) is 2.78. The summed E-state index contributed by atoms with van der Waals surface area (Å²) in [5, 5.41) is 11.5. The fourth-order valence-corrected chi connectivity index (χ4v) is 4.50. The molecule has 0 saturated heterocycles. The Bertz CT molecular complexity index is 1190. The van der Waals surface area contributed by atoms with Gasteiger partial charge >= 0.3 is 0 Å². The Morgan fingerprint density at radius 3 is 2.68 bits per heavy atom. The van der Waals surface area contributed by atoms with Gasteiger partial charge in [0.15, 0.2) is 11.5 Å². The number of unbranched alkanes of at least 4 members (excludes halogenated alkanes) is 2. The van der Waals surface area contributed by atoms with E-state index >= 15 is 0 Å². The van der Waals surface area contributed by atoms with Crippen molar-refractivity contribution in [1.82, 2.24) is 4.90 Å². The number of carbonyl (C=O) groups is 2. The third kappa shape index (κ3) is 3.92. The van der Waals surface area contributed by atoms with Gasteiger partial charge in [0.2, 0.25) is 5.78 Å². The topological polar surface area (TPSA) is 70.8 Å². The summed E-state index contributed by atoms with van der Waals surface area (Å²) in [6.45, 7) is 4.51. The summed E-state index contributed by atoms with van der Waals surface area (Å²) < 4.78 is 6.66. The van der Waals surface area contributed by atoms with Gasteiger partial charge in [-0.3, -0.25) is 9.59 Å². The van der Waals surface area contributed by atoms with E-state index in [1.54, 1.807) is 17.0 Å². The average Bonchev–Trinajstić information content (AvgIpc) is 3.28. The number of rotatable bonds is 7. The van der Waals surface area contributed by atoms with Crippen molar-refractivity contribution < 1.29 is 19.1 Å². The molecular weight excluding hydrogens is 458 g/mol. The molecule has 1 atom stereocenters. The quantitative estimate of drug-likeness (QED) is 0.318. The highest BCUT2D eigenvalue weighted by atomic mass is 79.9. The van der Waals surface area contributed by atoms with E-state index in [1.165, 1.54) is 0 Å². The molecule has 0 aliphatic carbocycles. The number of nitrogens with zero attached hydrogens (tertiary/aromatic N) is 1. The van der Waals surface area contributed by atoms with Crippen molar-refractivity contribution in [3.63, 3.8) is 0 Å². The van der Waals surface area contributed by atoms with E-state index < -0.39 is 23.5 Å². The molecule has 3 aromatic rings. The SMILES string of the molecule is CCCCCN1C(=O)C(O)=C(C(=O)c2cc3cc(Br)ccc3o2)C1c1ccccc1C. The summed E-state index contributed by atoms with van der Waals surface area (Å²) in [5.41, 5.74) is 2.44. The van der Waals surface area contributed by atoms with Gasteiger partial charge in [0.25, 0.3) is 5.91 Å². The van der Waals surface area contributed by atoms with Crippen LogP contribution in [0.3, 0.4) is 0 Å².